The molecule has 1 heterocycles. The highest BCUT2D eigenvalue weighted by molar-refractivity contribution is 5.86. The number of esters is 1. The highest BCUT2D eigenvalue weighted by Gasteiger charge is 2.30. The van der Waals surface area contributed by atoms with Gasteiger partial charge in [-0.3, -0.25) is 4.79 Å². The molecule has 9 nitrogen and oxygen atoms in total. The predicted octanol–water partition coefficient (Wildman–Crippen LogP) is 3.10. The number of alkyl carbamates (subject to hydrolysis) is 1. The van der Waals surface area contributed by atoms with Crippen molar-refractivity contribution in [2.45, 2.75) is 44.9 Å². The second-order valence-electron chi connectivity index (χ2n) is 8.45. The van der Waals surface area contributed by atoms with Crippen LogP contribution < -0.4 is 10.1 Å². The summed E-state index contributed by atoms with van der Waals surface area (Å²) in [7, 11) is 1.59. The third-order valence-corrected chi connectivity index (χ3v) is 5.90. The van der Waals surface area contributed by atoms with Gasteiger partial charge in [-0.1, -0.05) is 42.5 Å². The minimum atomic E-state index is -0.793. The number of ether oxygens (including phenoxy) is 4. The van der Waals surface area contributed by atoms with Gasteiger partial charge in [0, 0.05) is 19.5 Å². The van der Waals surface area contributed by atoms with Crippen molar-refractivity contribution in [1.82, 2.24) is 10.2 Å². The molecule has 9 heteroatoms. The molecule has 2 aromatic carbocycles. The summed E-state index contributed by atoms with van der Waals surface area (Å²) in [6.07, 6.45) is 0.723. The number of carbonyl (C=O) groups is 3. The van der Waals surface area contributed by atoms with Crippen LogP contribution in [0.15, 0.2) is 54.6 Å². The van der Waals surface area contributed by atoms with E-state index in [1.54, 1.807) is 18.9 Å². The van der Waals surface area contributed by atoms with Crippen molar-refractivity contribution in [3.05, 3.63) is 65.7 Å². The fourth-order valence-corrected chi connectivity index (χ4v) is 3.96. The summed E-state index contributed by atoms with van der Waals surface area (Å²) in [5.74, 6) is 0.127. The number of rotatable bonds is 11. The summed E-state index contributed by atoms with van der Waals surface area (Å²) in [4.78, 5) is 39.2. The molecule has 2 aromatic rings. The number of piperidine rings is 1. The van der Waals surface area contributed by atoms with E-state index in [0.717, 1.165) is 11.1 Å². The lowest BCUT2D eigenvalue weighted by atomic mass is 10.0. The van der Waals surface area contributed by atoms with Crippen LogP contribution in [0.3, 0.4) is 0 Å². The lowest BCUT2D eigenvalue weighted by Gasteiger charge is -2.34. The normalized spacial score (nSPS) is 14.6. The number of benzene rings is 2. The Morgan fingerprint density at radius 3 is 2.31 bits per heavy atom. The Labute approximate surface area is 211 Å². The Balaban J connectivity index is 1.59. The fraction of sp³-hybridized carbons (Fsp3) is 0.444. The lowest BCUT2D eigenvalue weighted by molar-refractivity contribution is -0.152. The first-order valence-electron chi connectivity index (χ1n) is 12.1. The molecule has 1 aliphatic rings. The van der Waals surface area contributed by atoms with E-state index in [4.69, 9.17) is 18.9 Å². The van der Waals surface area contributed by atoms with Crippen LogP contribution in [0.1, 0.15) is 30.9 Å². The van der Waals surface area contributed by atoms with Crippen molar-refractivity contribution in [2.24, 2.45) is 0 Å². The zero-order valence-corrected chi connectivity index (χ0v) is 20.8. The molecule has 3 rings (SSSR count). The zero-order valence-electron chi connectivity index (χ0n) is 20.8. The number of carbonyl (C=O) groups excluding carboxylic acids is 3. The van der Waals surface area contributed by atoms with Crippen molar-refractivity contribution < 1.29 is 33.3 Å². The number of hydrogen-bond donors (Lipinski definition) is 1. The summed E-state index contributed by atoms with van der Waals surface area (Å²) in [6.45, 7) is 3.00. The van der Waals surface area contributed by atoms with Crippen LogP contribution in [-0.2, 0) is 36.8 Å². The second-order valence-corrected chi connectivity index (χ2v) is 8.45. The summed E-state index contributed by atoms with van der Waals surface area (Å²) in [6, 6.07) is 15.9. The number of amides is 2. The predicted molar refractivity (Wildman–Crippen MR) is 132 cm³/mol. The molecule has 0 saturated carbocycles. The number of likely N-dealkylation sites (tertiary alicyclic amines) is 1. The summed E-state index contributed by atoms with van der Waals surface area (Å²) < 4.78 is 21.1. The minimum Gasteiger partial charge on any atom is -0.497 e. The molecule has 1 atom stereocenters. The molecule has 0 spiro atoms. The number of methoxy groups -OCH3 is 1. The Morgan fingerprint density at radius 1 is 0.972 bits per heavy atom. The molecule has 1 saturated heterocycles. The van der Waals surface area contributed by atoms with Crippen molar-refractivity contribution >= 4 is 18.0 Å². The molecule has 36 heavy (non-hydrogen) atoms. The first-order valence-corrected chi connectivity index (χ1v) is 12.1. The molecule has 0 radical (unpaired) electrons. The molecule has 1 fully saturated rings. The van der Waals surface area contributed by atoms with Crippen LogP contribution in [-0.4, -0.2) is 68.4 Å². The van der Waals surface area contributed by atoms with Gasteiger partial charge >= 0.3 is 12.1 Å². The zero-order chi connectivity index (χ0) is 25.8. The number of nitrogens with zero attached hydrogens (tertiary/aromatic N) is 1. The number of hydrogen-bond acceptors (Lipinski definition) is 7. The molecule has 0 unspecified atom stereocenters. The molecular formula is C27H34N2O7. The van der Waals surface area contributed by atoms with E-state index in [-0.39, 0.29) is 25.2 Å². The molecule has 0 bridgehead atoms. The Hall–Kier alpha value is -3.59. The topological polar surface area (TPSA) is 103 Å². The van der Waals surface area contributed by atoms with E-state index in [0.29, 0.717) is 44.7 Å². The van der Waals surface area contributed by atoms with Gasteiger partial charge in [0.2, 0.25) is 5.91 Å². The first-order chi connectivity index (χ1) is 17.5. The van der Waals surface area contributed by atoms with Crippen LogP contribution in [0, 0.1) is 0 Å². The smallest absolute Gasteiger partial charge is 0.408 e. The first kappa shape index (κ1) is 27.0. The minimum absolute atomic E-state index is 0.0959. The number of nitrogens with one attached hydrogen (secondary N) is 1. The highest BCUT2D eigenvalue weighted by atomic mass is 16.6. The molecular weight excluding hydrogens is 464 g/mol. The summed E-state index contributed by atoms with van der Waals surface area (Å²) in [5, 5.41) is 2.75. The second kappa shape index (κ2) is 14.1. The molecule has 0 aliphatic carbocycles. The van der Waals surface area contributed by atoms with Crippen LogP contribution in [0.2, 0.25) is 0 Å². The van der Waals surface area contributed by atoms with Crippen molar-refractivity contribution in [3.8, 4) is 5.75 Å². The van der Waals surface area contributed by atoms with Gasteiger partial charge in [-0.25, -0.2) is 9.59 Å². The van der Waals surface area contributed by atoms with E-state index in [2.05, 4.69) is 5.32 Å². The van der Waals surface area contributed by atoms with Crippen LogP contribution in [0.4, 0.5) is 4.79 Å². The standard InChI is InChI=1S/C27H34N2O7/c1-3-34-25(30)19-35-23-13-15-29(16-14-23)26(31)24(17-20-9-11-22(33-2)12-10-20)28-27(32)36-18-21-7-5-4-6-8-21/h4-12,23-24H,3,13-19H2,1-2H3,(H,28,32)/t24-/m0/s1. The Morgan fingerprint density at radius 2 is 1.67 bits per heavy atom. The molecule has 1 N–H and O–H groups in total. The van der Waals surface area contributed by atoms with E-state index in [1.165, 1.54) is 0 Å². The molecule has 1 aliphatic heterocycles. The van der Waals surface area contributed by atoms with Gasteiger partial charge < -0.3 is 29.2 Å². The Kier molecular flexibility index (Phi) is 10.6. The lowest BCUT2D eigenvalue weighted by Crippen LogP contribution is -2.52. The van der Waals surface area contributed by atoms with Gasteiger partial charge in [-0.05, 0) is 43.0 Å². The van der Waals surface area contributed by atoms with Crippen LogP contribution in [0.5, 0.6) is 5.75 Å². The van der Waals surface area contributed by atoms with Crippen LogP contribution >= 0.6 is 0 Å². The maximum absolute atomic E-state index is 13.4. The van der Waals surface area contributed by atoms with Gasteiger partial charge in [-0.15, -0.1) is 0 Å². The van der Waals surface area contributed by atoms with Crippen molar-refractivity contribution in [3.63, 3.8) is 0 Å². The monoisotopic (exact) mass is 498 g/mol. The summed E-state index contributed by atoms with van der Waals surface area (Å²) >= 11 is 0. The van der Waals surface area contributed by atoms with Gasteiger partial charge in [0.15, 0.2) is 0 Å². The SMILES string of the molecule is CCOC(=O)COC1CCN(C(=O)[C@H](Cc2ccc(OC)cc2)NC(=O)OCc2ccccc2)CC1. The summed E-state index contributed by atoms with van der Waals surface area (Å²) in [5.41, 5.74) is 1.74. The average molecular weight is 499 g/mol. The van der Waals surface area contributed by atoms with Gasteiger partial charge in [0.1, 0.15) is 25.0 Å². The van der Waals surface area contributed by atoms with Gasteiger partial charge in [-0.2, -0.15) is 0 Å². The van der Waals surface area contributed by atoms with E-state index >= 15 is 0 Å². The third kappa shape index (κ3) is 8.57. The van der Waals surface area contributed by atoms with E-state index in [1.807, 2.05) is 54.6 Å². The van der Waals surface area contributed by atoms with E-state index in [9.17, 15) is 14.4 Å². The van der Waals surface area contributed by atoms with Crippen molar-refractivity contribution in [1.29, 1.82) is 0 Å². The molecule has 0 aromatic heterocycles. The fourth-order valence-electron chi connectivity index (χ4n) is 3.96. The molecule has 194 valence electrons. The maximum Gasteiger partial charge on any atom is 0.408 e. The molecule has 2 amide bonds. The van der Waals surface area contributed by atoms with Gasteiger partial charge in [0.05, 0.1) is 19.8 Å². The highest BCUT2D eigenvalue weighted by Crippen LogP contribution is 2.18. The van der Waals surface area contributed by atoms with Gasteiger partial charge in [0.25, 0.3) is 0 Å². The van der Waals surface area contributed by atoms with E-state index < -0.39 is 18.1 Å². The Bertz CT molecular complexity index is 973. The van der Waals surface area contributed by atoms with Crippen LogP contribution in [0.25, 0.3) is 0 Å². The maximum atomic E-state index is 13.4. The average Bonchev–Trinajstić information content (AvgIpc) is 2.91. The quantitative estimate of drug-likeness (QED) is 0.475. The van der Waals surface area contributed by atoms with Crippen molar-refractivity contribution in [2.75, 3.05) is 33.4 Å². The largest absolute Gasteiger partial charge is 0.497 e. The third-order valence-electron chi connectivity index (χ3n) is 5.90.